The number of aromatic nitrogens is 1. The number of benzene rings is 2. The van der Waals surface area contributed by atoms with Gasteiger partial charge in [-0.2, -0.15) is 0 Å². The maximum atomic E-state index is 12.2. The number of fused-ring (bicyclic) bond motifs is 1. The maximum Gasteiger partial charge on any atom is 0.255 e. The lowest BCUT2D eigenvalue weighted by Gasteiger charge is -2.07. The zero-order valence-corrected chi connectivity index (χ0v) is 12.4. The lowest BCUT2D eigenvalue weighted by Crippen LogP contribution is -2.11. The Bertz CT molecular complexity index is 765. The van der Waals surface area contributed by atoms with Gasteiger partial charge in [0, 0.05) is 23.5 Å². The van der Waals surface area contributed by atoms with Crippen LogP contribution in [0.2, 0.25) is 0 Å². The molecule has 0 aliphatic heterocycles. The first-order valence-corrected chi connectivity index (χ1v) is 7.63. The minimum Gasteiger partial charge on any atom is -0.385 e. The highest BCUT2D eigenvalue weighted by Gasteiger charge is 2.07. The van der Waals surface area contributed by atoms with Crippen molar-refractivity contribution in [3.8, 4) is 0 Å². The van der Waals surface area contributed by atoms with Gasteiger partial charge < -0.3 is 10.6 Å². The molecule has 0 spiro atoms. The summed E-state index contributed by atoms with van der Waals surface area (Å²) in [5.74, 6) is -0.109. The Morgan fingerprint density at radius 1 is 1.14 bits per heavy atom. The summed E-state index contributed by atoms with van der Waals surface area (Å²) >= 11 is 1.56. The van der Waals surface area contributed by atoms with Crippen molar-refractivity contribution >= 4 is 38.8 Å². The molecule has 0 fully saturated rings. The van der Waals surface area contributed by atoms with E-state index < -0.39 is 0 Å². The van der Waals surface area contributed by atoms with Crippen LogP contribution in [0.3, 0.4) is 0 Å². The van der Waals surface area contributed by atoms with Crippen LogP contribution in [0, 0.1) is 0 Å². The van der Waals surface area contributed by atoms with Gasteiger partial charge in [0.15, 0.2) is 0 Å². The summed E-state index contributed by atoms with van der Waals surface area (Å²) in [6.07, 6.45) is 0. The Morgan fingerprint density at radius 3 is 2.67 bits per heavy atom. The number of thiazole rings is 1. The third-order valence-electron chi connectivity index (χ3n) is 3.12. The predicted octanol–water partition coefficient (Wildman–Crippen LogP) is 3.98. The zero-order chi connectivity index (χ0) is 14.7. The summed E-state index contributed by atoms with van der Waals surface area (Å²) in [7, 11) is 0. The van der Waals surface area contributed by atoms with Crippen LogP contribution in [0.4, 0.5) is 11.4 Å². The van der Waals surface area contributed by atoms with Crippen molar-refractivity contribution in [2.75, 3.05) is 17.2 Å². The Morgan fingerprint density at radius 2 is 1.90 bits per heavy atom. The van der Waals surface area contributed by atoms with Crippen molar-refractivity contribution in [3.63, 3.8) is 0 Å². The minimum absolute atomic E-state index is 0.109. The summed E-state index contributed by atoms with van der Waals surface area (Å²) < 4.78 is 1.07. The standard InChI is InChI=1S/C16H15N3OS/c1-2-17-12-5-3-11(4-6-12)16(20)19-13-7-8-14-15(9-13)21-10-18-14/h3-10,17H,2H2,1H3,(H,19,20). The van der Waals surface area contributed by atoms with Crippen molar-refractivity contribution in [1.29, 1.82) is 0 Å². The Labute approximate surface area is 126 Å². The van der Waals surface area contributed by atoms with Crippen LogP contribution in [-0.2, 0) is 0 Å². The molecule has 5 heteroatoms. The van der Waals surface area contributed by atoms with Gasteiger partial charge in [-0.25, -0.2) is 4.98 Å². The highest BCUT2D eigenvalue weighted by atomic mass is 32.1. The molecule has 0 unspecified atom stereocenters. The number of amides is 1. The summed E-state index contributed by atoms with van der Waals surface area (Å²) in [5, 5.41) is 6.11. The van der Waals surface area contributed by atoms with E-state index in [1.807, 2.05) is 49.4 Å². The lowest BCUT2D eigenvalue weighted by molar-refractivity contribution is 0.102. The molecule has 3 aromatic rings. The first-order chi connectivity index (χ1) is 10.3. The van der Waals surface area contributed by atoms with Crippen LogP contribution in [0.1, 0.15) is 17.3 Å². The van der Waals surface area contributed by atoms with E-state index in [0.29, 0.717) is 5.56 Å². The molecule has 2 N–H and O–H groups in total. The Kier molecular flexibility index (Phi) is 3.83. The summed E-state index contributed by atoms with van der Waals surface area (Å²) in [6, 6.07) is 13.2. The molecule has 0 saturated heterocycles. The topological polar surface area (TPSA) is 54.0 Å². The van der Waals surface area contributed by atoms with E-state index >= 15 is 0 Å². The van der Waals surface area contributed by atoms with Gasteiger partial charge in [0.1, 0.15) is 0 Å². The van der Waals surface area contributed by atoms with Crippen LogP contribution in [0.25, 0.3) is 10.2 Å². The van der Waals surface area contributed by atoms with E-state index in [-0.39, 0.29) is 5.91 Å². The van der Waals surface area contributed by atoms with Gasteiger partial charge in [0.2, 0.25) is 0 Å². The first kappa shape index (κ1) is 13.6. The SMILES string of the molecule is CCNc1ccc(C(=O)Nc2ccc3ncsc3c2)cc1. The van der Waals surface area contributed by atoms with Gasteiger partial charge in [-0.1, -0.05) is 0 Å². The van der Waals surface area contributed by atoms with Gasteiger partial charge >= 0.3 is 0 Å². The van der Waals surface area contributed by atoms with Crippen molar-refractivity contribution in [1.82, 2.24) is 4.98 Å². The van der Waals surface area contributed by atoms with Gasteiger partial charge in [0.25, 0.3) is 5.91 Å². The molecular weight excluding hydrogens is 282 g/mol. The third kappa shape index (κ3) is 3.03. The van der Waals surface area contributed by atoms with Crippen molar-refractivity contribution < 1.29 is 4.79 Å². The van der Waals surface area contributed by atoms with Crippen LogP contribution in [0.15, 0.2) is 48.0 Å². The van der Waals surface area contributed by atoms with Gasteiger partial charge in [-0.15, -0.1) is 11.3 Å². The van der Waals surface area contributed by atoms with Crippen LogP contribution in [0.5, 0.6) is 0 Å². The molecule has 3 rings (SSSR count). The largest absolute Gasteiger partial charge is 0.385 e. The Hall–Kier alpha value is -2.40. The normalized spacial score (nSPS) is 10.5. The minimum atomic E-state index is -0.109. The fourth-order valence-corrected chi connectivity index (χ4v) is 2.80. The molecule has 106 valence electrons. The average molecular weight is 297 g/mol. The van der Waals surface area contributed by atoms with E-state index in [2.05, 4.69) is 15.6 Å². The molecule has 0 saturated carbocycles. The molecule has 0 bridgehead atoms. The molecule has 0 aliphatic rings. The molecule has 4 nitrogen and oxygen atoms in total. The van der Waals surface area contributed by atoms with Gasteiger partial charge in [-0.05, 0) is 49.4 Å². The van der Waals surface area contributed by atoms with E-state index in [9.17, 15) is 4.79 Å². The number of nitrogens with zero attached hydrogens (tertiary/aromatic N) is 1. The molecule has 0 radical (unpaired) electrons. The van der Waals surface area contributed by atoms with Crippen molar-refractivity contribution in [2.45, 2.75) is 6.92 Å². The van der Waals surface area contributed by atoms with Crippen LogP contribution in [-0.4, -0.2) is 17.4 Å². The number of nitrogens with one attached hydrogen (secondary N) is 2. The zero-order valence-electron chi connectivity index (χ0n) is 11.6. The van der Waals surface area contributed by atoms with Crippen molar-refractivity contribution in [2.24, 2.45) is 0 Å². The maximum absolute atomic E-state index is 12.2. The number of hydrogen-bond donors (Lipinski definition) is 2. The third-order valence-corrected chi connectivity index (χ3v) is 3.91. The second kappa shape index (κ2) is 5.93. The number of carbonyl (C=O) groups excluding carboxylic acids is 1. The highest BCUT2D eigenvalue weighted by molar-refractivity contribution is 7.16. The van der Waals surface area contributed by atoms with Crippen LogP contribution >= 0.6 is 11.3 Å². The highest BCUT2D eigenvalue weighted by Crippen LogP contribution is 2.22. The first-order valence-electron chi connectivity index (χ1n) is 6.75. The van der Waals surface area contributed by atoms with Gasteiger partial charge in [-0.3, -0.25) is 4.79 Å². The molecule has 0 aliphatic carbocycles. The van der Waals surface area contributed by atoms with E-state index in [1.165, 1.54) is 0 Å². The van der Waals surface area contributed by atoms with E-state index in [4.69, 9.17) is 0 Å². The van der Waals surface area contributed by atoms with E-state index in [1.54, 1.807) is 16.8 Å². The number of hydrogen-bond acceptors (Lipinski definition) is 4. The quantitative estimate of drug-likeness (QED) is 0.766. The molecule has 0 atom stereocenters. The molecule has 21 heavy (non-hydrogen) atoms. The average Bonchev–Trinajstić information content (AvgIpc) is 2.96. The molecule has 1 aromatic heterocycles. The van der Waals surface area contributed by atoms with E-state index in [0.717, 1.165) is 28.1 Å². The smallest absolute Gasteiger partial charge is 0.255 e. The number of rotatable bonds is 4. The summed E-state index contributed by atoms with van der Waals surface area (Å²) in [6.45, 7) is 2.90. The Balaban J connectivity index is 1.75. The number of carbonyl (C=O) groups is 1. The lowest BCUT2D eigenvalue weighted by atomic mass is 10.2. The van der Waals surface area contributed by atoms with Crippen LogP contribution < -0.4 is 10.6 Å². The van der Waals surface area contributed by atoms with Gasteiger partial charge in [0.05, 0.1) is 15.7 Å². The fraction of sp³-hybridized carbons (Fsp3) is 0.125. The summed E-state index contributed by atoms with van der Waals surface area (Å²) in [4.78, 5) is 16.4. The monoisotopic (exact) mass is 297 g/mol. The second-order valence-corrected chi connectivity index (χ2v) is 5.48. The molecule has 1 amide bonds. The predicted molar refractivity (Wildman–Crippen MR) is 88.2 cm³/mol. The second-order valence-electron chi connectivity index (χ2n) is 4.60. The van der Waals surface area contributed by atoms with Crippen molar-refractivity contribution in [3.05, 3.63) is 53.5 Å². The molecule has 2 aromatic carbocycles. The fourth-order valence-electron chi connectivity index (χ4n) is 2.08. The number of anilines is 2. The molecule has 1 heterocycles. The summed E-state index contributed by atoms with van der Waals surface area (Å²) in [5.41, 5.74) is 5.19. The molecular formula is C16H15N3OS.